The molecule has 1 unspecified atom stereocenters. The molecule has 0 aliphatic rings. The molecular weight excluding hydrogens is 156 g/mol. The van der Waals surface area contributed by atoms with E-state index in [0.717, 1.165) is 0 Å². The van der Waals surface area contributed by atoms with Crippen molar-refractivity contribution in [3.63, 3.8) is 0 Å². The van der Waals surface area contributed by atoms with Gasteiger partial charge in [0.1, 0.15) is 11.9 Å². The Morgan fingerprint density at radius 2 is 2.42 bits per heavy atom. The van der Waals surface area contributed by atoms with Crippen LogP contribution < -0.4 is 0 Å². The number of nitrogens with zero attached hydrogens (tertiary/aromatic N) is 1. The average Bonchev–Trinajstić information content (AvgIpc) is 2.51. The number of aliphatic hydroxyl groups is 1. The number of rotatable bonds is 4. The molecule has 0 amide bonds. The van der Waals surface area contributed by atoms with E-state index in [2.05, 4.69) is 9.97 Å². The molecule has 2 N–H and O–H groups in total. The summed E-state index contributed by atoms with van der Waals surface area (Å²) in [5.74, 6) is 0.552. The Bertz CT molecular complexity index is 209. The lowest BCUT2D eigenvalue weighted by molar-refractivity contribution is 0.00177. The monoisotopic (exact) mass is 170 g/mol. The van der Waals surface area contributed by atoms with Crippen molar-refractivity contribution in [1.82, 2.24) is 9.97 Å². The second-order valence-electron chi connectivity index (χ2n) is 2.87. The molecule has 0 fully saturated rings. The fourth-order valence-corrected chi connectivity index (χ4v) is 0.822. The zero-order valence-corrected chi connectivity index (χ0v) is 7.32. The Morgan fingerprint density at radius 3 is 2.92 bits per heavy atom. The quantitative estimate of drug-likeness (QED) is 0.704. The van der Waals surface area contributed by atoms with E-state index in [1.54, 1.807) is 12.4 Å². The SMILES string of the molecule is CC(C)OCC(O)c1ncc[nH]1. The topological polar surface area (TPSA) is 58.1 Å². The first kappa shape index (κ1) is 9.22. The van der Waals surface area contributed by atoms with Gasteiger partial charge in [-0.15, -0.1) is 0 Å². The van der Waals surface area contributed by atoms with E-state index in [1.165, 1.54) is 0 Å². The van der Waals surface area contributed by atoms with E-state index in [0.29, 0.717) is 5.82 Å². The van der Waals surface area contributed by atoms with Crippen molar-refractivity contribution in [3.05, 3.63) is 18.2 Å². The van der Waals surface area contributed by atoms with Gasteiger partial charge in [-0.25, -0.2) is 4.98 Å². The highest BCUT2D eigenvalue weighted by atomic mass is 16.5. The average molecular weight is 170 g/mol. The highest BCUT2D eigenvalue weighted by molar-refractivity contribution is 4.91. The first-order chi connectivity index (χ1) is 5.70. The number of aromatic amines is 1. The summed E-state index contributed by atoms with van der Waals surface area (Å²) in [7, 11) is 0. The molecule has 0 aromatic carbocycles. The zero-order chi connectivity index (χ0) is 8.97. The Kier molecular flexibility index (Phi) is 3.25. The molecule has 4 nitrogen and oxygen atoms in total. The molecule has 0 aliphatic carbocycles. The Hall–Kier alpha value is -0.870. The van der Waals surface area contributed by atoms with Crippen LogP contribution in [0.2, 0.25) is 0 Å². The largest absolute Gasteiger partial charge is 0.383 e. The van der Waals surface area contributed by atoms with Crippen LogP contribution in [0, 0.1) is 0 Å². The van der Waals surface area contributed by atoms with Gasteiger partial charge in [-0.2, -0.15) is 0 Å². The van der Waals surface area contributed by atoms with Crippen molar-refractivity contribution in [1.29, 1.82) is 0 Å². The van der Waals surface area contributed by atoms with E-state index in [-0.39, 0.29) is 12.7 Å². The number of imidazole rings is 1. The van der Waals surface area contributed by atoms with Crippen LogP contribution in [0.25, 0.3) is 0 Å². The van der Waals surface area contributed by atoms with Gasteiger partial charge in [0.05, 0.1) is 12.7 Å². The number of aliphatic hydroxyl groups excluding tert-OH is 1. The maximum atomic E-state index is 9.44. The van der Waals surface area contributed by atoms with Gasteiger partial charge in [0, 0.05) is 12.4 Å². The minimum absolute atomic E-state index is 0.134. The number of hydrogen-bond acceptors (Lipinski definition) is 3. The van der Waals surface area contributed by atoms with E-state index in [1.807, 2.05) is 13.8 Å². The minimum atomic E-state index is -0.651. The lowest BCUT2D eigenvalue weighted by Crippen LogP contribution is -2.12. The summed E-state index contributed by atoms with van der Waals surface area (Å²) in [5.41, 5.74) is 0. The van der Waals surface area contributed by atoms with Crippen molar-refractivity contribution in [2.75, 3.05) is 6.61 Å². The minimum Gasteiger partial charge on any atom is -0.383 e. The molecule has 0 saturated carbocycles. The fourth-order valence-electron chi connectivity index (χ4n) is 0.822. The second-order valence-corrected chi connectivity index (χ2v) is 2.87. The van der Waals surface area contributed by atoms with Crippen LogP contribution in [0.4, 0.5) is 0 Å². The first-order valence-electron chi connectivity index (χ1n) is 3.99. The van der Waals surface area contributed by atoms with Gasteiger partial charge in [-0.3, -0.25) is 0 Å². The number of nitrogens with one attached hydrogen (secondary N) is 1. The molecule has 1 rings (SSSR count). The van der Waals surface area contributed by atoms with Crippen LogP contribution in [0.1, 0.15) is 25.8 Å². The Balaban J connectivity index is 2.34. The van der Waals surface area contributed by atoms with Gasteiger partial charge in [0.15, 0.2) is 0 Å². The number of aromatic nitrogens is 2. The molecule has 0 saturated heterocycles. The van der Waals surface area contributed by atoms with Gasteiger partial charge >= 0.3 is 0 Å². The first-order valence-corrected chi connectivity index (χ1v) is 3.99. The fraction of sp³-hybridized carbons (Fsp3) is 0.625. The van der Waals surface area contributed by atoms with Crippen LogP contribution in [0.3, 0.4) is 0 Å². The van der Waals surface area contributed by atoms with E-state index < -0.39 is 6.10 Å². The highest BCUT2D eigenvalue weighted by Crippen LogP contribution is 2.07. The van der Waals surface area contributed by atoms with Crippen molar-refractivity contribution >= 4 is 0 Å². The molecule has 4 heteroatoms. The van der Waals surface area contributed by atoms with Crippen molar-refractivity contribution in [2.45, 2.75) is 26.1 Å². The van der Waals surface area contributed by atoms with Crippen LogP contribution in [0.5, 0.6) is 0 Å². The van der Waals surface area contributed by atoms with Crippen molar-refractivity contribution < 1.29 is 9.84 Å². The van der Waals surface area contributed by atoms with Crippen LogP contribution >= 0.6 is 0 Å². The summed E-state index contributed by atoms with van der Waals surface area (Å²) in [6, 6.07) is 0. The number of H-pyrrole nitrogens is 1. The van der Waals surface area contributed by atoms with Gasteiger partial charge < -0.3 is 14.8 Å². The Labute approximate surface area is 71.6 Å². The third-order valence-electron chi connectivity index (χ3n) is 1.42. The zero-order valence-electron chi connectivity index (χ0n) is 7.32. The summed E-state index contributed by atoms with van der Waals surface area (Å²) in [6.07, 6.45) is 2.76. The predicted molar refractivity (Wildman–Crippen MR) is 44.6 cm³/mol. The smallest absolute Gasteiger partial charge is 0.137 e. The normalized spacial score (nSPS) is 13.7. The van der Waals surface area contributed by atoms with Crippen LogP contribution in [-0.4, -0.2) is 27.8 Å². The summed E-state index contributed by atoms with van der Waals surface area (Å²) >= 11 is 0. The lowest BCUT2D eigenvalue weighted by Gasteiger charge is -2.10. The molecule has 1 aromatic rings. The predicted octanol–water partition coefficient (Wildman–Crippen LogP) is 0.868. The Morgan fingerprint density at radius 1 is 1.67 bits per heavy atom. The van der Waals surface area contributed by atoms with Crippen LogP contribution in [-0.2, 0) is 4.74 Å². The maximum Gasteiger partial charge on any atom is 0.137 e. The molecule has 1 heterocycles. The maximum absolute atomic E-state index is 9.44. The highest BCUT2D eigenvalue weighted by Gasteiger charge is 2.09. The number of ether oxygens (including phenoxy) is 1. The third-order valence-corrected chi connectivity index (χ3v) is 1.42. The van der Waals surface area contributed by atoms with E-state index in [9.17, 15) is 5.11 Å². The molecule has 68 valence electrons. The van der Waals surface area contributed by atoms with Crippen molar-refractivity contribution in [2.24, 2.45) is 0 Å². The van der Waals surface area contributed by atoms with Crippen molar-refractivity contribution in [3.8, 4) is 0 Å². The van der Waals surface area contributed by atoms with Gasteiger partial charge in [0.25, 0.3) is 0 Å². The summed E-state index contributed by atoms with van der Waals surface area (Å²) in [4.78, 5) is 6.73. The van der Waals surface area contributed by atoms with Crippen LogP contribution in [0.15, 0.2) is 12.4 Å². The number of hydrogen-bond donors (Lipinski definition) is 2. The molecule has 0 bridgehead atoms. The standard InChI is InChI=1S/C8H14N2O2/c1-6(2)12-5-7(11)8-9-3-4-10-8/h3-4,6-7,11H,5H2,1-2H3,(H,9,10). The van der Waals surface area contributed by atoms with Gasteiger partial charge in [-0.05, 0) is 13.8 Å². The molecule has 0 spiro atoms. The summed E-state index contributed by atoms with van der Waals surface area (Å²) in [5, 5.41) is 9.44. The summed E-state index contributed by atoms with van der Waals surface area (Å²) < 4.78 is 5.22. The molecule has 0 radical (unpaired) electrons. The van der Waals surface area contributed by atoms with Gasteiger partial charge in [0.2, 0.25) is 0 Å². The second kappa shape index (κ2) is 4.23. The third kappa shape index (κ3) is 2.64. The van der Waals surface area contributed by atoms with E-state index >= 15 is 0 Å². The molecular formula is C8H14N2O2. The van der Waals surface area contributed by atoms with E-state index in [4.69, 9.17) is 4.74 Å². The molecule has 1 aromatic heterocycles. The molecule has 12 heavy (non-hydrogen) atoms. The molecule has 0 aliphatic heterocycles. The van der Waals surface area contributed by atoms with Gasteiger partial charge in [-0.1, -0.05) is 0 Å². The lowest BCUT2D eigenvalue weighted by atomic mass is 10.3. The molecule has 1 atom stereocenters. The summed E-state index contributed by atoms with van der Waals surface area (Å²) in [6.45, 7) is 4.13.